The van der Waals surface area contributed by atoms with Crippen molar-refractivity contribution in [3.05, 3.63) is 64.5 Å². The van der Waals surface area contributed by atoms with E-state index in [1.54, 1.807) is 0 Å². The van der Waals surface area contributed by atoms with Crippen LogP contribution < -0.4 is 10.2 Å². The molecule has 0 unspecified atom stereocenters. The van der Waals surface area contributed by atoms with Crippen LogP contribution in [0.15, 0.2) is 47.8 Å². The molecule has 0 bridgehead atoms. The average Bonchev–Trinajstić information content (AvgIpc) is 3.06. The summed E-state index contributed by atoms with van der Waals surface area (Å²) in [6.07, 6.45) is 0. The van der Waals surface area contributed by atoms with E-state index in [9.17, 15) is 4.79 Å². The van der Waals surface area contributed by atoms with E-state index in [1.807, 2.05) is 48.6 Å². The van der Waals surface area contributed by atoms with Gasteiger partial charge in [-0.05, 0) is 55.3 Å². The summed E-state index contributed by atoms with van der Waals surface area (Å²) in [5.41, 5.74) is 6.11. The second kappa shape index (κ2) is 7.07. The molecule has 0 atom stereocenters. The number of hydrogen-bond donors (Lipinski definition) is 1. The maximum Gasteiger partial charge on any atom is 0.257 e. The largest absolute Gasteiger partial charge is 0.378 e. The first-order valence-corrected chi connectivity index (χ1v) is 8.94. The lowest BCUT2D eigenvalue weighted by molar-refractivity contribution is 0.102. The van der Waals surface area contributed by atoms with Crippen LogP contribution in [0.1, 0.15) is 21.5 Å². The zero-order valence-electron chi connectivity index (χ0n) is 14.8. The van der Waals surface area contributed by atoms with E-state index in [0.717, 1.165) is 16.9 Å². The highest BCUT2D eigenvalue weighted by Crippen LogP contribution is 2.26. The molecule has 1 aromatic heterocycles. The summed E-state index contributed by atoms with van der Waals surface area (Å²) in [7, 11) is 3.94. The van der Waals surface area contributed by atoms with Gasteiger partial charge >= 0.3 is 0 Å². The Morgan fingerprint density at radius 3 is 2.40 bits per heavy atom. The molecule has 5 heteroatoms. The van der Waals surface area contributed by atoms with Gasteiger partial charge in [-0.3, -0.25) is 10.1 Å². The Morgan fingerprint density at radius 1 is 1.04 bits per heavy atom. The van der Waals surface area contributed by atoms with Gasteiger partial charge in [0.2, 0.25) is 0 Å². The van der Waals surface area contributed by atoms with E-state index < -0.39 is 0 Å². The molecule has 0 aliphatic carbocycles. The molecule has 0 saturated carbocycles. The lowest BCUT2D eigenvalue weighted by atomic mass is 10.1. The summed E-state index contributed by atoms with van der Waals surface area (Å²) >= 11 is 1.43. The third-order valence-corrected chi connectivity index (χ3v) is 4.93. The average molecular weight is 351 g/mol. The van der Waals surface area contributed by atoms with Gasteiger partial charge in [0.05, 0.1) is 5.69 Å². The normalized spacial score (nSPS) is 10.6. The highest BCUT2D eigenvalue weighted by Gasteiger charge is 2.11. The van der Waals surface area contributed by atoms with Crippen LogP contribution in [-0.4, -0.2) is 25.0 Å². The summed E-state index contributed by atoms with van der Waals surface area (Å²) in [6.45, 7) is 4.18. The molecule has 1 heterocycles. The molecule has 128 valence electrons. The van der Waals surface area contributed by atoms with Crippen molar-refractivity contribution in [2.75, 3.05) is 24.3 Å². The number of aryl methyl sites for hydroxylation is 2. The molecule has 3 aromatic rings. The number of nitrogens with one attached hydrogen (secondary N) is 1. The lowest BCUT2D eigenvalue weighted by Crippen LogP contribution is -2.13. The van der Waals surface area contributed by atoms with Crippen molar-refractivity contribution in [2.45, 2.75) is 13.8 Å². The smallest absolute Gasteiger partial charge is 0.257 e. The van der Waals surface area contributed by atoms with Gasteiger partial charge in [0.15, 0.2) is 5.13 Å². The lowest BCUT2D eigenvalue weighted by Gasteiger charge is -2.12. The molecule has 0 aliphatic rings. The molecule has 3 rings (SSSR count). The van der Waals surface area contributed by atoms with Gasteiger partial charge in [-0.15, -0.1) is 11.3 Å². The summed E-state index contributed by atoms with van der Waals surface area (Å²) < 4.78 is 0. The fraction of sp³-hybridized carbons (Fsp3) is 0.200. The number of carbonyl (C=O) groups excluding carboxylic acids is 1. The van der Waals surface area contributed by atoms with Crippen molar-refractivity contribution in [1.82, 2.24) is 4.98 Å². The number of anilines is 2. The van der Waals surface area contributed by atoms with Gasteiger partial charge in [-0.1, -0.05) is 12.1 Å². The Balaban J connectivity index is 1.74. The molecule has 0 saturated heterocycles. The number of thiazole rings is 1. The van der Waals surface area contributed by atoms with Crippen LogP contribution in [0.5, 0.6) is 0 Å². The van der Waals surface area contributed by atoms with E-state index in [1.165, 1.54) is 22.5 Å². The summed E-state index contributed by atoms with van der Waals surface area (Å²) in [5, 5.41) is 5.45. The van der Waals surface area contributed by atoms with Gasteiger partial charge in [0.25, 0.3) is 5.91 Å². The Morgan fingerprint density at radius 2 is 1.76 bits per heavy atom. The molecule has 0 fully saturated rings. The minimum absolute atomic E-state index is 0.147. The zero-order valence-corrected chi connectivity index (χ0v) is 15.6. The summed E-state index contributed by atoms with van der Waals surface area (Å²) in [6, 6.07) is 13.8. The SMILES string of the molecule is Cc1ccc(-c2csc(NC(=O)c3ccc(N(C)C)cc3)n2)cc1C. The molecule has 25 heavy (non-hydrogen) atoms. The van der Waals surface area contributed by atoms with Crippen molar-refractivity contribution in [3.8, 4) is 11.3 Å². The topological polar surface area (TPSA) is 45.2 Å². The molecule has 0 aliphatic heterocycles. The predicted molar refractivity (Wildman–Crippen MR) is 106 cm³/mol. The quantitative estimate of drug-likeness (QED) is 0.738. The van der Waals surface area contributed by atoms with Crippen molar-refractivity contribution in [1.29, 1.82) is 0 Å². The molecule has 2 aromatic carbocycles. The van der Waals surface area contributed by atoms with Gasteiger partial charge in [0.1, 0.15) is 0 Å². The van der Waals surface area contributed by atoms with Crippen LogP contribution in [0, 0.1) is 13.8 Å². The first-order chi connectivity index (χ1) is 11.9. The first-order valence-electron chi connectivity index (χ1n) is 8.06. The number of carbonyl (C=O) groups is 1. The Bertz CT molecular complexity index is 898. The molecular weight excluding hydrogens is 330 g/mol. The fourth-order valence-corrected chi connectivity index (χ4v) is 3.16. The van der Waals surface area contributed by atoms with Crippen molar-refractivity contribution < 1.29 is 4.79 Å². The van der Waals surface area contributed by atoms with Gasteiger partial charge < -0.3 is 4.90 Å². The summed E-state index contributed by atoms with van der Waals surface area (Å²) in [4.78, 5) is 18.9. The first kappa shape index (κ1) is 17.2. The molecule has 1 amide bonds. The van der Waals surface area contributed by atoms with Crippen LogP contribution in [0.25, 0.3) is 11.3 Å². The predicted octanol–water partition coefficient (Wildman–Crippen LogP) is 4.75. The Labute approximate surface area is 152 Å². The number of rotatable bonds is 4. The van der Waals surface area contributed by atoms with E-state index in [-0.39, 0.29) is 5.91 Å². The van der Waals surface area contributed by atoms with Crippen LogP contribution in [0.2, 0.25) is 0 Å². The second-order valence-electron chi connectivity index (χ2n) is 6.23. The molecule has 1 N–H and O–H groups in total. The van der Waals surface area contributed by atoms with Gasteiger partial charge in [-0.2, -0.15) is 0 Å². The highest BCUT2D eigenvalue weighted by atomic mass is 32.1. The maximum atomic E-state index is 12.4. The van der Waals surface area contributed by atoms with Crippen molar-refractivity contribution >= 4 is 28.1 Å². The zero-order chi connectivity index (χ0) is 18.0. The third kappa shape index (κ3) is 3.88. The number of nitrogens with zero attached hydrogens (tertiary/aromatic N) is 2. The number of benzene rings is 2. The molecular formula is C20H21N3OS. The minimum Gasteiger partial charge on any atom is -0.378 e. The van der Waals surface area contributed by atoms with Crippen LogP contribution in [0.3, 0.4) is 0 Å². The highest BCUT2D eigenvalue weighted by molar-refractivity contribution is 7.14. The second-order valence-corrected chi connectivity index (χ2v) is 7.09. The van der Waals surface area contributed by atoms with Crippen molar-refractivity contribution in [3.63, 3.8) is 0 Å². The van der Waals surface area contributed by atoms with E-state index >= 15 is 0 Å². The monoisotopic (exact) mass is 351 g/mol. The minimum atomic E-state index is -0.147. The van der Waals surface area contributed by atoms with Gasteiger partial charge in [0, 0.05) is 36.3 Å². The summed E-state index contributed by atoms with van der Waals surface area (Å²) in [5.74, 6) is -0.147. The van der Waals surface area contributed by atoms with E-state index in [2.05, 4.69) is 42.3 Å². The number of aromatic nitrogens is 1. The van der Waals surface area contributed by atoms with Gasteiger partial charge in [-0.25, -0.2) is 4.98 Å². The van der Waals surface area contributed by atoms with Crippen LogP contribution in [0.4, 0.5) is 10.8 Å². The molecule has 4 nitrogen and oxygen atoms in total. The Hall–Kier alpha value is -2.66. The van der Waals surface area contributed by atoms with Crippen molar-refractivity contribution in [2.24, 2.45) is 0 Å². The van der Waals surface area contributed by atoms with Crippen LogP contribution in [-0.2, 0) is 0 Å². The Kier molecular flexibility index (Phi) is 4.86. The maximum absolute atomic E-state index is 12.4. The number of amides is 1. The van der Waals surface area contributed by atoms with Crippen LogP contribution >= 0.6 is 11.3 Å². The molecule has 0 spiro atoms. The number of hydrogen-bond acceptors (Lipinski definition) is 4. The standard InChI is InChI=1S/C20H21N3OS/c1-13-5-6-16(11-14(13)2)18-12-25-20(21-18)22-19(24)15-7-9-17(10-8-15)23(3)4/h5-12H,1-4H3,(H,21,22,24). The fourth-order valence-electron chi connectivity index (χ4n) is 2.44. The van der Waals surface area contributed by atoms with E-state index in [0.29, 0.717) is 10.7 Å². The third-order valence-electron chi connectivity index (χ3n) is 4.17. The molecule has 0 radical (unpaired) electrons. The van der Waals surface area contributed by atoms with E-state index in [4.69, 9.17) is 0 Å².